The lowest BCUT2D eigenvalue weighted by atomic mass is 9.96. The maximum Gasteiger partial charge on any atom is 0.187 e. The molecule has 1 aliphatic carbocycles. The molecule has 3 N–H and O–H groups in total. The highest BCUT2D eigenvalue weighted by atomic mass is 79.9. The molecule has 0 unspecified atom stereocenters. The molecule has 4 nitrogen and oxygen atoms in total. The molecule has 0 heterocycles. The van der Waals surface area contributed by atoms with E-state index < -0.39 is 0 Å². The minimum absolute atomic E-state index is 0.110. The van der Waals surface area contributed by atoms with E-state index in [-0.39, 0.29) is 5.75 Å². The Morgan fingerprint density at radius 1 is 1.36 bits per heavy atom. The highest BCUT2D eigenvalue weighted by Crippen LogP contribution is 2.31. The average Bonchev–Trinajstić information content (AvgIpc) is 2.49. The van der Waals surface area contributed by atoms with Crippen LogP contribution in [0.2, 0.25) is 5.02 Å². The number of hydrogen-bond donors (Lipinski definition) is 3. The first-order valence-electron chi connectivity index (χ1n) is 7.26. The van der Waals surface area contributed by atoms with Gasteiger partial charge in [-0.15, -0.1) is 0 Å². The van der Waals surface area contributed by atoms with Gasteiger partial charge in [0, 0.05) is 16.6 Å². The van der Waals surface area contributed by atoms with Gasteiger partial charge in [0.05, 0.1) is 10.2 Å². The van der Waals surface area contributed by atoms with Crippen molar-refractivity contribution in [2.45, 2.75) is 45.1 Å². The fourth-order valence-corrected chi connectivity index (χ4v) is 3.52. The molecule has 1 aliphatic rings. The topological polar surface area (TPSA) is 56.7 Å². The molecule has 1 fully saturated rings. The quantitative estimate of drug-likeness (QED) is 0.399. The Balaban J connectivity index is 1.98. The largest absolute Gasteiger partial charge is 0.506 e. The zero-order valence-electron chi connectivity index (χ0n) is 12.3. The van der Waals surface area contributed by atoms with Crippen LogP contribution in [0.5, 0.6) is 5.75 Å². The summed E-state index contributed by atoms with van der Waals surface area (Å²) in [7, 11) is 0. The van der Waals surface area contributed by atoms with Gasteiger partial charge in [0.25, 0.3) is 0 Å². The summed E-state index contributed by atoms with van der Waals surface area (Å²) in [5, 5.41) is 18.6. The average molecular weight is 405 g/mol. The summed E-state index contributed by atoms with van der Waals surface area (Å²) in [6, 6.07) is 3.73. The van der Waals surface area contributed by atoms with E-state index in [1.54, 1.807) is 19.1 Å². The van der Waals surface area contributed by atoms with Crippen LogP contribution in [0.4, 0.5) is 0 Å². The van der Waals surface area contributed by atoms with Crippen molar-refractivity contribution in [3.05, 3.63) is 27.2 Å². The van der Waals surface area contributed by atoms with Crippen molar-refractivity contribution < 1.29 is 5.11 Å². The maximum absolute atomic E-state index is 10.1. The van der Waals surface area contributed by atoms with Gasteiger partial charge in [0.15, 0.2) is 5.11 Å². The Labute approximate surface area is 149 Å². The van der Waals surface area contributed by atoms with Crippen LogP contribution in [0, 0.1) is 0 Å². The number of phenolic OH excluding ortho intramolecular Hbond substituents is 1. The van der Waals surface area contributed by atoms with Gasteiger partial charge in [-0.05, 0) is 60.0 Å². The van der Waals surface area contributed by atoms with E-state index in [2.05, 4.69) is 31.8 Å². The minimum atomic E-state index is 0.110. The Morgan fingerprint density at radius 3 is 2.73 bits per heavy atom. The molecule has 0 amide bonds. The molecule has 1 saturated carbocycles. The van der Waals surface area contributed by atoms with Crippen molar-refractivity contribution in [1.82, 2.24) is 10.7 Å². The number of halogens is 2. The van der Waals surface area contributed by atoms with E-state index in [9.17, 15) is 5.11 Å². The van der Waals surface area contributed by atoms with Crippen LogP contribution in [-0.2, 0) is 0 Å². The minimum Gasteiger partial charge on any atom is -0.506 e. The van der Waals surface area contributed by atoms with Gasteiger partial charge in [-0.1, -0.05) is 30.9 Å². The van der Waals surface area contributed by atoms with E-state index >= 15 is 0 Å². The van der Waals surface area contributed by atoms with Crippen LogP contribution in [0.3, 0.4) is 0 Å². The third-order valence-corrected chi connectivity index (χ3v) is 4.72. The molecule has 0 aliphatic heterocycles. The van der Waals surface area contributed by atoms with Crippen molar-refractivity contribution >= 4 is 50.6 Å². The molecule has 120 valence electrons. The number of thiocarbonyl (C=S) groups is 1. The summed E-state index contributed by atoms with van der Waals surface area (Å²) in [6.45, 7) is 1.79. The maximum atomic E-state index is 10.1. The van der Waals surface area contributed by atoms with Crippen molar-refractivity contribution in [3.63, 3.8) is 0 Å². The lowest BCUT2D eigenvalue weighted by molar-refractivity contribution is 0.412. The second kappa shape index (κ2) is 8.13. The second-order valence-electron chi connectivity index (χ2n) is 5.40. The number of hydrazone groups is 1. The molecule has 0 bridgehead atoms. The van der Waals surface area contributed by atoms with E-state index in [1.165, 1.54) is 19.3 Å². The summed E-state index contributed by atoms with van der Waals surface area (Å²) in [6.07, 6.45) is 6.08. The number of nitrogens with one attached hydrogen (secondary N) is 2. The van der Waals surface area contributed by atoms with Gasteiger partial charge < -0.3 is 10.4 Å². The zero-order chi connectivity index (χ0) is 16.1. The Bertz CT molecular complexity index is 588. The Kier molecular flexibility index (Phi) is 6.47. The van der Waals surface area contributed by atoms with Crippen LogP contribution in [0.1, 0.15) is 44.6 Å². The van der Waals surface area contributed by atoms with E-state index in [4.69, 9.17) is 23.8 Å². The van der Waals surface area contributed by atoms with Crippen LogP contribution in [-0.4, -0.2) is 22.0 Å². The predicted octanol–water partition coefficient (Wildman–Crippen LogP) is 4.33. The van der Waals surface area contributed by atoms with E-state index in [0.717, 1.165) is 12.8 Å². The molecule has 22 heavy (non-hydrogen) atoms. The van der Waals surface area contributed by atoms with Gasteiger partial charge >= 0.3 is 0 Å². The highest BCUT2D eigenvalue weighted by Gasteiger charge is 2.14. The normalized spacial score (nSPS) is 16.4. The second-order valence-corrected chi connectivity index (χ2v) is 7.10. The smallest absolute Gasteiger partial charge is 0.187 e. The number of benzene rings is 1. The summed E-state index contributed by atoms with van der Waals surface area (Å²) >= 11 is 14.5. The summed E-state index contributed by atoms with van der Waals surface area (Å²) < 4.78 is 0.535. The molecule has 0 saturated heterocycles. The van der Waals surface area contributed by atoms with E-state index in [1.807, 2.05) is 0 Å². The fourth-order valence-electron chi connectivity index (χ4n) is 2.50. The molecular weight excluding hydrogens is 386 g/mol. The first-order valence-corrected chi connectivity index (χ1v) is 8.84. The number of aromatic hydroxyl groups is 1. The number of phenols is 1. The molecule has 1 aromatic rings. The van der Waals surface area contributed by atoms with Gasteiger partial charge in [-0.2, -0.15) is 5.10 Å². The lowest BCUT2D eigenvalue weighted by Crippen LogP contribution is -2.41. The fraction of sp³-hybridized carbons (Fsp3) is 0.467. The molecule has 2 rings (SSSR count). The van der Waals surface area contributed by atoms with Crippen molar-refractivity contribution in [2.24, 2.45) is 5.10 Å². The van der Waals surface area contributed by atoms with Gasteiger partial charge in [0.1, 0.15) is 5.75 Å². The van der Waals surface area contributed by atoms with Crippen molar-refractivity contribution in [1.29, 1.82) is 0 Å². The molecule has 7 heteroatoms. The molecule has 0 radical (unpaired) electrons. The van der Waals surface area contributed by atoms with Crippen LogP contribution in [0.15, 0.2) is 21.7 Å². The third-order valence-electron chi connectivity index (χ3n) is 3.68. The SMILES string of the molecule is C/C(=N\NC(=S)NC1CCCCC1)c1cc(Cl)cc(Br)c1O. The molecular formula is C15H19BrClN3OS. The summed E-state index contributed by atoms with van der Waals surface area (Å²) in [5.41, 5.74) is 4.00. The number of hydrogen-bond acceptors (Lipinski definition) is 3. The van der Waals surface area contributed by atoms with Gasteiger partial charge in [-0.25, -0.2) is 0 Å². The van der Waals surface area contributed by atoms with Gasteiger partial charge in [0.2, 0.25) is 0 Å². The molecule has 0 aromatic heterocycles. The molecule has 0 atom stereocenters. The summed E-state index contributed by atoms with van der Waals surface area (Å²) in [5.74, 6) is 0.110. The van der Waals surface area contributed by atoms with Crippen LogP contribution in [0.25, 0.3) is 0 Å². The number of nitrogens with zero attached hydrogens (tertiary/aromatic N) is 1. The zero-order valence-corrected chi connectivity index (χ0v) is 15.5. The van der Waals surface area contributed by atoms with E-state index in [0.29, 0.717) is 31.9 Å². The predicted molar refractivity (Wildman–Crippen MR) is 98.8 cm³/mol. The monoisotopic (exact) mass is 403 g/mol. The molecule has 1 aromatic carbocycles. The first-order chi connectivity index (χ1) is 10.5. The summed E-state index contributed by atoms with van der Waals surface area (Å²) in [4.78, 5) is 0. The first kappa shape index (κ1) is 17.5. The standard InChI is InChI=1S/C15H19BrClN3OS/c1-9(12-7-10(17)8-13(16)14(12)21)19-20-15(22)18-11-5-3-2-4-6-11/h7-8,11,21H,2-6H2,1H3,(H2,18,20,22)/b19-9+. The lowest BCUT2D eigenvalue weighted by Gasteiger charge is -2.23. The van der Waals surface area contributed by atoms with Crippen LogP contribution < -0.4 is 10.7 Å². The Morgan fingerprint density at radius 2 is 2.05 bits per heavy atom. The van der Waals surface area contributed by atoms with Crippen molar-refractivity contribution in [2.75, 3.05) is 0 Å². The number of rotatable bonds is 3. The van der Waals surface area contributed by atoms with Crippen molar-refractivity contribution in [3.8, 4) is 5.75 Å². The molecule has 0 spiro atoms. The highest BCUT2D eigenvalue weighted by molar-refractivity contribution is 9.10. The van der Waals surface area contributed by atoms with Gasteiger partial charge in [-0.3, -0.25) is 5.43 Å². The van der Waals surface area contributed by atoms with Crippen LogP contribution >= 0.6 is 39.7 Å². The third kappa shape index (κ3) is 4.83. The Hall–Kier alpha value is -0.850.